The van der Waals surface area contributed by atoms with Gasteiger partial charge in [0.15, 0.2) is 5.65 Å². The lowest BCUT2D eigenvalue weighted by Gasteiger charge is -2.19. The van der Waals surface area contributed by atoms with Gasteiger partial charge in [-0.15, -0.1) is 0 Å². The highest BCUT2D eigenvalue weighted by atomic mass is 16.1. The number of amides is 1. The Morgan fingerprint density at radius 2 is 2.05 bits per heavy atom. The first-order chi connectivity index (χ1) is 10.4. The van der Waals surface area contributed by atoms with Crippen molar-refractivity contribution in [1.29, 1.82) is 0 Å². The molecular weight excluding hydrogens is 278 g/mol. The Labute approximate surface area is 131 Å². The van der Waals surface area contributed by atoms with Gasteiger partial charge in [0.25, 0.3) is 5.91 Å². The van der Waals surface area contributed by atoms with Gasteiger partial charge in [0.05, 0.1) is 11.8 Å². The van der Waals surface area contributed by atoms with Gasteiger partial charge >= 0.3 is 0 Å². The average molecular weight is 303 g/mol. The maximum atomic E-state index is 12.2. The lowest BCUT2D eigenvalue weighted by atomic mass is 10.2. The molecule has 2 aromatic heterocycles. The van der Waals surface area contributed by atoms with Gasteiger partial charge in [-0.1, -0.05) is 13.8 Å². The molecule has 2 aromatic rings. The predicted octanol–water partition coefficient (Wildman–Crippen LogP) is 1.77. The van der Waals surface area contributed by atoms with Crippen molar-refractivity contribution < 1.29 is 4.79 Å². The minimum absolute atomic E-state index is 0.0975. The van der Waals surface area contributed by atoms with E-state index in [0.29, 0.717) is 18.0 Å². The summed E-state index contributed by atoms with van der Waals surface area (Å²) in [6.07, 6.45) is 3.39. The Balaban J connectivity index is 2.11. The van der Waals surface area contributed by atoms with E-state index in [2.05, 4.69) is 41.1 Å². The van der Waals surface area contributed by atoms with E-state index in [1.54, 1.807) is 12.4 Å². The largest absolute Gasteiger partial charge is 0.350 e. The number of hydrogen-bond acceptors (Lipinski definition) is 4. The van der Waals surface area contributed by atoms with Gasteiger partial charge in [-0.3, -0.25) is 4.79 Å². The summed E-state index contributed by atoms with van der Waals surface area (Å²) in [5.41, 5.74) is 1.40. The molecule has 1 amide bonds. The van der Waals surface area contributed by atoms with E-state index in [4.69, 9.17) is 0 Å². The molecule has 0 aliphatic heterocycles. The van der Waals surface area contributed by atoms with Crippen molar-refractivity contribution in [2.24, 2.45) is 5.92 Å². The first-order valence-electron chi connectivity index (χ1n) is 7.64. The number of pyridine rings is 1. The Morgan fingerprint density at radius 3 is 2.68 bits per heavy atom. The smallest absolute Gasteiger partial charge is 0.252 e. The molecule has 1 N–H and O–H groups in total. The summed E-state index contributed by atoms with van der Waals surface area (Å²) in [5, 5.41) is 8.18. The number of nitrogens with one attached hydrogen (secondary N) is 1. The van der Waals surface area contributed by atoms with E-state index in [-0.39, 0.29) is 11.9 Å². The maximum absolute atomic E-state index is 12.2. The van der Waals surface area contributed by atoms with Gasteiger partial charge in [0.1, 0.15) is 0 Å². The lowest BCUT2D eigenvalue weighted by Crippen LogP contribution is -2.38. The molecule has 0 fully saturated rings. The van der Waals surface area contributed by atoms with Crippen LogP contribution < -0.4 is 5.32 Å². The van der Waals surface area contributed by atoms with Gasteiger partial charge in [-0.05, 0) is 33.0 Å². The number of carbonyl (C=O) groups excluding carboxylic acids is 1. The average Bonchev–Trinajstić information content (AvgIpc) is 2.85. The molecule has 0 saturated carbocycles. The molecule has 1 unspecified atom stereocenters. The van der Waals surface area contributed by atoms with Crippen molar-refractivity contribution >= 4 is 16.9 Å². The van der Waals surface area contributed by atoms with Gasteiger partial charge in [-0.25, -0.2) is 9.67 Å². The highest BCUT2D eigenvalue weighted by molar-refractivity contribution is 5.96. The summed E-state index contributed by atoms with van der Waals surface area (Å²) < 4.78 is 1.88. The van der Waals surface area contributed by atoms with E-state index >= 15 is 0 Å². The third kappa shape index (κ3) is 3.82. The monoisotopic (exact) mass is 303 g/mol. The van der Waals surface area contributed by atoms with E-state index in [1.807, 2.05) is 24.8 Å². The third-order valence-corrected chi connectivity index (χ3v) is 3.72. The van der Waals surface area contributed by atoms with Crippen molar-refractivity contribution in [3.8, 4) is 0 Å². The van der Waals surface area contributed by atoms with Gasteiger partial charge < -0.3 is 10.2 Å². The number of nitrogens with zero attached hydrogens (tertiary/aromatic N) is 4. The first-order valence-corrected chi connectivity index (χ1v) is 7.64. The van der Waals surface area contributed by atoms with Crippen LogP contribution in [-0.4, -0.2) is 52.3 Å². The Morgan fingerprint density at radius 1 is 1.32 bits per heavy atom. The summed E-state index contributed by atoms with van der Waals surface area (Å²) in [5.74, 6) is 0.403. The summed E-state index contributed by atoms with van der Waals surface area (Å²) in [4.78, 5) is 18.7. The molecule has 120 valence electrons. The van der Waals surface area contributed by atoms with Crippen LogP contribution in [-0.2, 0) is 6.54 Å². The number of hydrogen-bond donors (Lipinski definition) is 1. The van der Waals surface area contributed by atoms with Crippen molar-refractivity contribution in [2.45, 2.75) is 33.4 Å². The summed E-state index contributed by atoms with van der Waals surface area (Å²) >= 11 is 0. The minimum atomic E-state index is -0.0975. The van der Waals surface area contributed by atoms with Crippen molar-refractivity contribution in [2.75, 3.05) is 20.6 Å². The molecule has 0 bridgehead atoms. The van der Waals surface area contributed by atoms with Gasteiger partial charge in [0, 0.05) is 30.7 Å². The molecule has 0 aliphatic carbocycles. The summed E-state index contributed by atoms with van der Waals surface area (Å²) in [6.45, 7) is 7.78. The number of carbonyl (C=O) groups is 1. The van der Waals surface area contributed by atoms with Crippen LogP contribution in [0.15, 0.2) is 18.5 Å². The van der Waals surface area contributed by atoms with E-state index < -0.39 is 0 Å². The number of rotatable bonds is 6. The van der Waals surface area contributed by atoms with Crippen LogP contribution in [0.2, 0.25) is 0 Å². The topological polar surface area (TPSA) is 63.1 Å². The fourth-order valence-corrected chi connectivity index (χ4v) is 2.10. The number of fused-ring (bicyclic) bond motifs is 1. The second-order valence-corrected chi connectivity index (χ2v) is 6.38. The molecule has 1 atom stereocenters. The first kappa shape index (κ1) is 16.4. The quantitative estimate of drug-likeness (QED) is 0.883. The van der Waals surface area contributed by atoms with Gasteiger partial charge in [-0.2, -0.15) is 5.10 Å². The molecule has 0 aliphatic rings. The van der Waals surface area contributed by atoms with E-state index in [9.17, 15) is 4.79 Å². The van der Waals surface area contributed by atoms with Crippen LogP contribution in [0.3, 0.4) is 0 Å². The molecule has 0 radical (unpaired) electrons. The molecule has 6 heteroatoms. The zero-order valence-electron chi connectivity index (χ0n) is 14.0. The van der Waals surface area contributed by atoms with E-state index in [1.165, 1.54) is 0 Å². The van der Waals surface area contributed by atoms with E-state index in [0.717, 1.165) is 17.6 Å². The zero-order valence-corrected chi connectivity index (χ0v) is 14.0. The normalized spacial score (nSPS) is 13.0. The van der Waals surface area contributed by atoms with Crippen molar-refractivity contribution in [1.82, 2.24) is 25.0 Å². The number of aromatic nitrogens is 3. The molecule has 6 nitrogen and oxygen atoms in total. The van der Waals surface area contributed by atoms with Gasteiger partial charge in [0.2, 0.25) is 0 Å². The van der Waals surface area contributed by atoms with Crippen molar-refractivity contribution in [3.63, 3.8) is 0 Å². The summed E-state index contributed by atoms with van der Waals surface area (Å²) in [7, 11) is 3.99. The Bertz CT molecular complexity index is 647. The van der Waals surface area contributed by atoms with Crippen LogP contribution in [0, 0.1) is 5.92 Å². The molecule has 0 aromatic carbocycles. The highest BCUT2D eigenvalue weighted by Gasteiger charge is 2.12. The molecule has 2 rings (SSSR count). The molecule has 22 heavy (non-hydrogen) atoms. The Hall–Kier alpha value is -1.95. The molecule has 0 spiro atoms. The van der Waals surface area contributed by atoms with Crippen LogP contribution in [0.4, 0.5) is 0 Å². The standard InChI is InChI=1S/C16H25N5O/c1-11(2)10-21-15-13(9-19-21)6-14(8-17-15)16(22)18-7-12(3)20(4)5/h6,8-9,11-12H,7,10H2,1-5H3,(H,18,22). The maximum Gasteiger partial charge on any atom is 0.252 e. The van der Waals surface area contributed by atoms with Crippen LogP contribution in [0.5, 0.6) is 0 Å². The van der Waals surface area contributed by atoms with Crippen molar-refractivity contribution in [3.05, 3.63) is 24.0 Å². The lowest BCUT2D eigenvalue weighted by molar-refractivity contribution is 0.0943. The highest BCUT2D eigenvalue weighted by Crippen LogP contribution is 2.14. The second-order valence-electron chi connectivity index (χ2n) is 6.38. The minimum Gasteiger partial charge on any atom is -0.350 e. The SMILES string of the molecule is CC(C)Cn1ncc2cc(C(=O)NCC(C)N(C)C)cnc21. The third-order valence-electron chi connectivity index (χ3n) is 3.72. The number of likely N-dealkylation sites (N-methyl/N-ethyl adjacent to an activating group) is 1. The molecule has 0 saturated heterocycles. The second kappa shape index (κ2) is 6.87. The van der Waals surface area contributed by atoms with Crippen LogP contribution in [0.25, 0.3) is 11.0 Å². The zero-order chi connectivity index (χ0) is 16.3. The fraction of sp³-hybridized carbons (Fsp3) is 0.562. The van der Waals surface area contributed by atoms with Crippen LogP contribution >= 0.6 is 0 Å². The molecule has 2 heterocycles. The van der Waals surface area contributed by atoms with Crippen LogP contribution in [0.1, 0.15) is 31.1 Å². The predicted molar refractivity (Wildman–Crippen MR) is 87.8 cm³/mol. The summed E-state index contributed by atoms with van der Waals surface area (Å²) in [6, 6.07) is 2.14. The molecular formula is C16H25N5O. The fourth-order valence-electron chi connectivity index (χ4n) is 2.10. The Kier molecular flexibility index (Phi) is 5.13.